The van der Waals surface area contributed by atoms with E-state index in [-0.39, 0.29) is 0 Å². The molecular weight excluding hydrogens is 348 g/mol. The van der Waals surface area contributed by atoms with E-state index in [0.29, 0.717) is 15.8 Å². The lowest BCUT2D eigenvalue weighted by molar-refractivity contribution is 0.273. The van der Waals surface area contributed by atoms with E-state index in [0.717, 1.165) is 22.8 Å². The lowest BCUT2D eigenvalue weighted by Gasteiger charge is -2.26. The Morgan fingerprint density at radius 1 is 1.48 bits per heavy atom. The smallest absolute Gasteiger partial charge is 0.190 e. The molecule has 1 fully saturated rings. The first-order valence-electron chi connectivity index (χ1n) is 7.66. The monoisotopic (exact) mass is 366 g/mol. The van der Waals surface area contributed by atoms with Crippen molar-refractivity contribution < 1.29 is 4.74 Å². The lowest BCUT2D eigenvalue weighted by atomic mass is 9.85. The van der Waals surface area contributed by atoms with Gasteiger partial charge in [-0.1, -0.05) is 30.2 Å². The van der Waals surface area contributed by atoms with Crippen molar-refractivity contribution in [3.8, 4) is 5.75 Å². The summed E-state index contributed by atoms with van der Waals surface area (Å²) in [7, 11) is 1.63. The highest BCUT2D eigenvalue weighted by molar-refractivity contribution is 7.80. The molecular formula is C17H19ClN2OS2. The van der Waals surface area contributed by atoms with E-state index in [1.165, 1.54) is 25.0 Å². The molecule has 122 valence electrons. The molecule has 2 aromatic rings. The fourth-order valence-electron chi connectivity index (χ4n) is 2.65. The summed E-state index contributed by atoms with van der Waals surface area (Å²) >= 11 is 13.2. The third-order valence-electron chi connectivity index (χ3n) is 4.25. The Balaban J connectivity index is 1.95. The van der Waals surface area contributed by atoms with Gasteiger partial charge in [0.15, 0.2) is 4.80 Å². The third kappa shape index (κ3) is 3.67. The Hall–Kier alpha value is -1.17. The zero-order valence-corrected chi connectivity index (χ0v) is 15.6. The number of nitrogens with zero attached hydrogens (tertiary/aromatic N) is 2. The highest BCUT2D eigenvalue weighted by Gasteiger charge is 2.19. The van der Waals surface area contributed by atoms with Crippen molar-refractivity contribution in [3.63, 3.8) is 0 Å². The molecule has 0 saturated heterocycles. The van der Waals surface area contributed by atoms with Gasteiger partial charge in [-0.05, 0) is 43.9 Å². The van der Waals surface area contributed by atoms with Gasteiger partial charge in [-0.2, -0.15) is 0 Å². The molecule has 0 bridgehead atoms. The number of aryl methyl sites for hydroxylation is 1. The van der Waals surface area contributed by atoms with Crippen molar-refractivity contribution in [3.05, 3.63) is 44.7 Å². The first-order chi connectivity index (χ1) is 11.1. The van der Waals surface area contributed by atoms with Crippen LogP contribution in [0.4, 0.5) is 0 Å². The summed E-state index contributed by atoms with van der Waals surface area (Å²) in [6.07, 6.45) is 3.97. The fraction of sp³-hybridized carbons (Fsp3) is 0.412. The van der Waals surface area contributed by atoms with Gasteiger partial charge >= 0.3 is 0 Å². The Morgan fingerprint density at radius 3 is 2.91 bits per heavy atom. The summed E-state index contributed by atoms with van der Waals surface area (Å²) in [5.74, 6) is 1.47. The van der Waals surface area contributed by atoms with Gasteiger partial charge in [0.2, 0.25) is 0 Å². The van der Waals surface area contributed by atoms with Crippen molar-refractivity contribution in [1.29, 1.82) is 0 Å². The van der Waals surface area contributed by atoms with E-state index in [9.17, 15) is 0 Å². The quantitative estimate of drug-likeness (QED) is 0.739. The summed E-state index contributed by atoms with van der Waals surface area (Å²) < 4.78 is 7.65. The number of halogens is 1. The number of hydrogen-bond donors (Lipinski definition) is 0. The SMILES string of the molecule is COc1ccc(Cl)cc1C(=S)/N=c1\scc(C)n1CC1CCC1. The van der Waals surface area contributed by atoms with E-state index in [4.69, 9.17) is 28.6 Å². The van der Waals surface area contributed by atoms with Crippen molar-refractivity contribution in [2.45, 2.75) is 32.7 Å². The highest BCUT2D eigenvalue weighted by atomic mass is 35.5. The second-order valence-electron chi connectivity index (χ2n) is 5.83. The highest BCUT2D eigenvalue weighted by Crippen LogP contribution is 2.28. The second kappa shape index (κ2) is 7.16. The molecule has 0 aliphatic heterocycles. The molecule has 0 spiro atoms. The van der Waals surface area contributed by atoms with Crippen LogP contribution in [0, 0.1) is 12.8 Å². The van der Waals surface area contributed by atoms with Gasteiger partial charge < -0.3 is 9.30 Å². The number of thiazole rings is 1. The topological polar surface area (TPSA) is 26.5 Å². The van der Waals surface area contributed by atoms with Crippen LogP contribution >= 0.6 is 35.2 Å². The van der Waals surface area contributed by atoms with E-state index in [1.807, 2.05) is 12.1 Å². The minimum Gasteiger partial charge on any atom is -0.496 e. The molecule has 1 aliphatic rings. The summed E-state index contributed by atoms with van der Waals surface area (Å²) in [6.45, 7) is 3.15. The van der Waals surface area contributed by atoms with Gasteiger partial charge in [-0.25, -0.2) is 4.99 Å². The molecule has 0 unspecified atom stereocenters. The van der Waals surface area contributed by atoms with Crippen molar-refractivity contribution in [2.24, 2.45) is 10.9 Å². The molecule has 3 rings (SSSR count). The summed E-state index contributed by atoms with van der Waals surface area (Å²) in [5, 5.41) is 2.76. The second-order valence-corrected chi connectivity index (χ2v) is 7.49. The Kier molecular flexibility index (Phi) is 5.19. The molecule has 0 radical (unpaired) electrons. The third-order valence-corrected chi connectivity index (χ3v) is 5.77. The van der Waals surface area contributed by atoms with Crippen LogP contribution < -0.4 is 9.54 Å². The summed E-state index contributed by atoms with van der Waals surface area (Å²) in [4.78, 5) is 6.14. The van der Waals surface area contributed by atoms with Crippen molar-refractivity contribution in [2.75, 3.05) is 7.11 Å². The first-order valence-corrected chi connectivity index (χ1v) is 9.32. The Bertz CT molecular complexity index is 790. The molecule has 0 N–H and O–H groups in total. The first kappa shape index (κ1) is 16.7. The molecule has 23 heavy (non-hydrogen) atoms. The minimum absolute atomic E-state index is 0.508. The maximum atomic E-state index is 6.09. The number of rotatable bonds is 4. The normalized spacial score (nSPS) is 15.5. The number of methoxy groups -OCH3 is 1. The largest absolute Gasteiger partial charge is 0.496 e. The molecule has 6 heteroatoms. The molecule has 0 amide bonds. The molecule has 1 aromatic heterocycles. The molecule has 1 aromatic carbocycles. The molecule has 0 atom stereocenters. The van der Waals surface area contributed by atoms with Gasteiger partial charge in [0.05, 0.1) is 12.7 Å². The van der Waals surface area contributed by atoms with Crippen LogP contribution in [0.2, 0.25) is 5.02 Å². The van der Waals surface area contributed by atoms with Gasteiger partial charge in [0.1, 0.15) is 10.7 Å². The molecule has 1 aliphatic carbocycles. The molecule has 1 saturated carbocycles. The summed E-state index contributed by atoms with van der Waals surface area (Å²) in [6, 6.07) is 5.42. The van der Waals surface area contributed by atoms with Gasteiger partial charge in [0.25, 0.3) is 0 Å². The van der Waals surface area contributed by atoms with E-state index < -0.39 is 0 Å². The predicted octanol–water partition coefficient (Wildman–Crippen LogP) is 4.60. The van der Waals surface area contributed by atoms with Crippen LogP contribution in [0.15, 0.2) is 28.6 Å². The fourth-order valence-corrected chi connectivity index (χ4v) is 4.02. The van der Waals surface area contributed by atoms with Crippen LogP contribution in [0.5, 0.6) is 5.75 Å². The molecule has 1 heterocycles. The van der Waals surface area contributed by atoms with Crippen LogP contribution in [0.1, 0.15) is 30.5 Å². The number of ether oxygens (including phenoxy) is 1. The zero-order valence-electron chi connectivity index (χ0n) is 13.2. The Morgan fingerprint density at radius 2 is 2.26 bits per heavy atom. The van der Waals surface area contributed by atoms with E-state index >= 15 is 0 Å². The van der Waals surface area contributed by atoms with Crippen molar-refractivity contribution >= 4 is 40.1 Å². The predicted molar refractivity (Wildman–Crippen MR) is 99.7 cm³/mol. The van der Waals surface area contributed by atoms with Gasteiger partial charge in [-0.15, -0.1) is 11.3 Å². The maximum absolute atomic E-state index is 6.09. The van der Waals surface area contributed by atoms with Crippen LogP contribution in [-0.2, 0) is 6.54 Å². The van der Waals surface area contributed by atoms with Crippen LogP contribution in [0.25, 0.3) is 0 Å². The maximum Gasteiger partial charge on any atom is 0.190 e. The number of aromatic nitrogens is 1. The summed E-state index contributed by atoms with van der Waals surface area (Å²) in [5.41, 5.74) is 2.00. The van der Waals surface area contributed by atoms with E-state index in [2.05, 4.69) is 21.9 Å². The Labute approximate surface area is 150 Å². The zero-order chi connectivity index (χ0) is 16.4. The van der Waals surface area contributed by atoms with Gasteiger partial charge in [0, 0.05) is 22.6 Å². The van der Waals surface area contributed by atoms with Crippen molar-refractivity contribution in [1.82, 2.24) is 4.57 Å². The number of thiocarbonyl (C=S) groups is 1. The van der Waals surface area contributed by atoms with Crippen LogP contribution in [-0.4, -0.2) is 16.7 Å². The number of hydrogen-bond acceptors (Lipinski definition) is 3. The van der Waals surface area contributed by atoms with Gasteiger partial charge in [-0.3, -0.25) is 0 Å². The average molecular weight is 367 g/mol. The van der Waals surface area contributed by atoms with E-state index in [1.54, 1.807) is 24.5 Å². The van der Waals surface area contributed by atoms with Crippen LogP contribution in [0.3, 0.4) is 0 Å². The average Bonchev–Trinajstić information content (AvgIpc) is 2.83. The molecule has 3 nitrogen and oxygen atoms in total. The lowest BCUT2D eigenvalue weighted by Crippen LogP contribution is -2.26. The standard InChI is InChI=1S/C17H19ClN2OS2/c1-11-10-23-17(20(11)9-12-4-3-5-12)19-16(22)14-8-13(18)6-7-15(14)21-2/h6-8,10,12H,3-5,9H2,1-2H3/b19-17-. The minimum atomic E-state index is 0.508. The number of benzene rings is 1.